The van der Waals surface area contributed by atoms with Gasteiger partial charge in [-0.15, -0.1) is 0 Å². The molecule has 4 amide bonds. The van der Waals surface area contributed by atoms with E-state index in [2.05, 4.69) is 0 Å². The Labute approximate surface area is 255 Å². The number of ether oxygens (including phenoxy) is 1. The topological polar surface area (TPSA) is 101 Å². The van der Waals surface area contributed by atoms with Crippen LogP contribution in [0.3, 0.4) is 0 Å². The van der Waals surface area contributed by atoms with E-state index in [1.165, 1.54) is 36.4 Å². The zero-order valence-electron chi connectivity index (χ0n) is 21.9. The second kappa shape index (κ2) is 9.56. The molecule has 3 aliphatic carbocycles. The summed E-state index contributed by atoms with van der Waals surface area (Å²) in [4.78, 5) is 72.1. The molecule has 0 spiro atoms. The van der Waals surface area contributed by atoms with Crippen LogP contribution >= 0.6 is 46.4 Å². The van der Waals surface area contributed by atoms with Crippen LogP contribution in [0.15, 0.2) is 47.5 Å². The first-order valence-electron chi connectivity index (χ1n) is 12.9. The fraction of sp³-hybridized carbons (Fsp3) is 0.345. The van der Waals surface area contributed by atoms with Gasteiger partial charge < -0.3 is 4.74 Å². The highest BCUT2D eigenvalue weighted by Gasteiger charge is 2.77. The minimum Gasteiger partial charge on any atom is -0.463 e. The number of imide groups is 2. The first-order chi connectivity index (χ1) is 19.4. The van der Waals surface area contributed by atoms with Crippen molar-refractivity contribution in [2.45, 2.75) is 20.8 Å². The van der Waals surface area contributed by atoms with Crippen LogP contribution in [-0.4, -0.2) is 36.2 Å². The lowest BCUT2D eigenvalue weighted by Gasteiger charge is -2.55. The van der Waals surface area contributed by atoms with Gasteiger partial charge in [0.2, 0.25) is 23.6 Å². The maximum Gasteiger partial charge on any atom is 0.334 e. The normalized spacial score (nSPS) is 30.4. The Bertz CT molecular complexity index is 1540. The number of nitrogens with zero attached hydrogens (tertiary/aromatic N) is 2. The molecule has 3 fully saturated rings. The second-order valence-electron chi connectivity index (χ2n) is 10.8. The van der Waals surface area contributed by atoms with Crippen molar-refractivity contribution in [3.63, 3.8) is 0 Å². The summed E-state index contributed by atoms with van der Waals surface area (Å²) in [7, 11) is 0. The van der Waals surface area contributed by atoms with Gasteiger partial charge in [-0.2, -0.15) is 0 Å². The van der Waals surface area contributed by atoms with E-state index in [9.17, 15) is 24.0 Å². The van der Waals surface area contributed by atoms with Gasteiger partial charge in [0.15, 0.2) is 0 Å². The SMILES string of the molecule is CCOC(=O)C1=C(C)C2[C@H]3C(=O)N(c4ccc(Cl)cc4Cl)C(=O)[C@@H]3C1(C)[C@@H]1C(=O)N(c3ccc(Cl)cc3Cl)C(=O)[C@@H]21. The van der Waals surface area contributed by atoms with Gasteiger partial charge in [-0.3, -0.25) is 19.2 Å². The van der Waals surface area contributed by atoms with Gasteiger partial charge in [-0.1, -0.05) is 58.9 Å². The summed E-state index contributed by atoms with van der Waals surface area (Å²) in [6.45, 7) is 4.96. The molecule has 7 rings (SSSR count). The third-order valence-electron chi connectivity index (χ3n) is 8.98. The predicted molar refractivity (Wildman–Crippen MR) is 153 cm³/mol. The Morgan fingerprint density at radius 2 is 1.22 bits per heavy atom. The molecule has 2 unspecified atom stereocenters. The largest absolute Gasteiger partial charge is 0.463 e. The van der Waals surface area contributed by atoms with E-state index in [-0.39, 0.29) is 33.6 Å². The Balaban J connectivity index is 1.55. The molecule has 0 N–H and O–H groups in total. The number of carbonyl (C=O) groups is 5. The van der Waals surface area contributed by atoms with Gasteiger partial charge in [0.1, 0.15) is 0 Å². The molecule has 2 aromatic carbocycles. The van der Waals surface area contributed by atoms with Gasteiger partial charge in [-0.25, -0.2) is 14.6 Å². The molecular formula is C29H22Cl4N2O6. The van der Waals surface area contributed by atoms with E-state index in [1.807, 2.05) is 0 Å². The van der Waals surface area contributed by atoms with Crippen LogP contribution in [0.1, 0.15) is 20.8 Å². The minimum absolute atomic E-state index is 0.0529. The molecule has 1 saturated carbocycles. The average Bonchev–Trinajstić information content (AvgIpc) is 3.31. The Morgan fingerprint density at radius 3 is 1.61 bits per heavy atom. The molecule has 6 atom stereocenters. The third kappa shape index (κ3) is 3.63. The lowest BCUT2D eigenvalue weighted by atomic mass is 9.43. The Kier molecular flexibility index (Phi) is 6.58. The molecule has 12 heteroatoms. The fourth-order valence-electron chi connectivity index (χ4n) is 7.61. The molecule has 2 aliphatic heterocycles. The first-order valence-corrected chi connectivity index (χ1v) is 14.4. The van der Waals surface area contributed by atoms with Crippen LogP contribution in [0.25, 0.3) is 0 Å². The summed E-state index contributed by atoms with van der Waals surface area (Å²) in [5, 5.41) is 0.801. The Morgan fingerprint density at radius 1 is 0.780 bits per heavy atom. The van der Waals surface area contributed by atoms with Crippen LogP contribution in [0.2, 0.25) is 20.1 Å². The number of esters is 1. The van der Waals surface area contributed by atoms with Crippen molar-refractivity contribution >= 4 is 87.4 Å². The van der Waals surface area contributed by atoms with E-state index in [1.54, 1.807) is 20.8 Å². The average molecular weight is 636 g/mol. The molecule has 2 heterocycles. The van der Waals surface area contributed by atoms with Gasteiger partial charge in [0.05, 0.1) is 51.7 Å². The molecule has 5 aliphatic rings. The maximum absolute atomic E-state index is 14.2. The van der Waals surface area contributed by atoms with Crippen LogP contribution < -0.4 is 9.80 Å². The van der Waals surface area contributed by atoms with E-state index >= 15 is 0 Å². The lowest BCUT2D eigenvalue weighted by molar-refractivity contribution is -0.155. The summed E-state index contributed by atoms with van der Waals surface area (Å²) in [5.74, 6) is -8.28. The molecule has 8 nitrogen and oxygen atoms in total. The highest BCUT2D eigenvalue weighted by Crippen LogP contribution is 2.69. The molecule has 2 bridgehead atoms. The van der Waals surface area contributed by atoms with E-state index in [0.717, 1.165) is 9.80 Å². The number of hydrogen-bond donors (Lipinski definition) is 0. The number of carbonyl (C=O) groups excluding carboxylic acids is 5. The molecule has 0 aromatic heterocycles. The van der Waals surface area contributed by atoms with Crippen LogP contribution in [0, 0.1) is 35.0 Å². The molecule has 0 radical (unpaired) electrons. The van der Waals surface area contributed by atoms with Crippen LogP contribution in [-0.2, 0) is 28.7 Å². The van der Waals surface area contributed by atoms with Crippen molar-refractivity contribution in [2.24, 2.45) is 35.0 Å². The van der Waals surface area contributed by atoms with E-state index in [4.69, 9.17) is 51.1 Å². The van der Waals surface area contributed by atoms with Crippen molar-refractivity contribution in [1.29, 1.82) is 0 Å². The number of hydrogen-bond acceptors (Lipinski definition) is 6. The van der Waals surface area contributed by atoms with Gasteiger partial charge in [-0.05, 0) is 50.2 Å². The van der Waals surface area contributed by atoms with E-state index < -0.39 is 64.6 Å². The molecule has 41 heavy (non-hydrogen) atoms. The summed E-state index contributed by atoms with van der Waals surface area (Å²) >= 11 is 24.9. The number of halogens is 4. The summed E-state index contributed by atoms with van der Waals surface area (Å²) in [5.41, 5.74) is -0.695. The number of amides is 4. The quantitative estimate of drug-likeness (QED) is 0.314. The molecule has 212 valence electrons. The highest BCUT2D eigenvalue weighted by atomic mass is 35.5. The Hall–Kier alpha value is -2.91. The standard InChI is InChI=1S/C29H22Cl4N2O6/c1-4-41-28(40)21-11(2)18-19-22(26(38)34(24(19)36)16-7-5-12(30)9-14(16)32)29(21,3)23-20(18)25(37)35(27(23)39)17-8-6-13(31)10-15(17)33/h5-10,18-20,22-23H,4H2,1-3H3/t18?,19-,20+,22-,23+,29?. The van der Waals surface area contributed by atoms with Gasteiger partial charge in [0.25, 0.3) is 0 Å². The van der Waals surface area contributed by atoms with Crippen molar-refractivity contribution in [3.05, 3.63) is 67.6 Å². The lowest BCUT2D eigenvalue weighted by Crippen LogP contribution is -2.61. The van der Waals surface area contributed by atoms with E-state index in [0.29, 0.717) is 15.6 Å². The number of allylic oxidation sites excluding steroid dienone is 1. The van der Waals surface area contributed by atoms with Crippen molar-refractivity contribution < 1.29 is 28.7 Å². The zero-order valence-corrected chi connectivity index (χ0v) is 24.9. The van der Waals surface area contributed by atoms with Gasteiger partial charge >= 0.3 is 5.97 Å². The van der Waals surface area contributed by atoms with Gasteiger partial charge in [0, 0.05) is 27.0 Å². The fourth-order valence-corrected chi connectivity index (χ4v) is 8.60. The monoisotopic (exact) mass is 634 g/mol. The third-order valence-corrected chi connectivity index (χ3v) is 10.1. The van der Waals surface area contributed by atoms with Crippen molar-refractivity contribution in [3.8, 4) is 0 Å². The van der Waals surface area contributed by atoms with Crippen LogP contribution in [0.5, 0.6) is 0 Å². The number of rotatable bonds is 4. The summed E-state index contributed by atoms with van der Waals surface area (Å²) in [6, 6.07) is 8.78. The molecule has 2 aromatic rings. The molecular weight excluding hydrogens is 614 g/mol. The second-order valence-corrected chi connectivity index (χ2v) is 12.5. The predicted octanol–water partition coefficient (Wildman–Crippen LogP) is 5.74. The summed E-state index contributed by atoms with van der Waals surface area (Å²) < 4.78 is 5.39. The molecule has 2 saturated heterocycles. The smallest absolute Gasteiger partial charge is 0.334 e. The number of anilines is 2. The minimum atomic E-state index is -1.55. The summed E-state index contributed by atoms with van der Waals surface area (Å²) in [6.07, 6.45) is 0. The zero-order chi connectivity index (χ0) is 29.7. The highest BCUT2D eigenvalue weighted by molar-refractivity contribution is 6.40. The van der Waals surface area contributed by atoms with Crippen LogP contribution in [0.4, 0.5) is 11.4 Å². The van der Waals surface area contributed by atoms with Crippen molar-refractivity contribution in [2.75, 3.05) is 16.4 Å². The maximum atomic E-state index is 14.2. The first kappa shape index (κ1) is 28.2. The number of benzene rings is 2. The van der Waals surface area contributed by atoms with Crippen molar-refractivity contribution in [1.82, 2.24) is 0 Å².